The topological polar surface area (TPSA) is 49.4 Å². The third-order valence-corrected chi connectivity index (χ3v) is 5.40. The summed E-state index contributed by atoms with van der Waals surface area (Å²) < 4.78 is 0. The SMILES string of the molecule is O=C(Nc1cc(Cl)c(Cl)cc1Cl)[C@H]1CC(=O)N(CCc2ccccc2)C1. The molecule has 0 aromatic heterocycles. The second-order valence-corrected chi connectivity index (χ2v) is 7.43. The third-order valence-electron chi connectivity index (χ3n) is 4.37. The van der Waals surface area contributed by atoms with Gasteiger partial charge in [0.1, 0.15) is 0 Å². The quantitative estimate of drug-likeness (QED) is 0.726. The summed E-state index contributed by atoms with van der Waals surface area (Å²) in [6.45, 7) is 0.997. The van der Waals surface area contributed by atoms with Crippen molar-refractivity contribution in [1.82, 2.24) is 4.90 Å². The van der Waals surface area contributed by atoms with Crippen LogP contribution in [0, 0.1) is 5.92 Å². The highest BCUT2D eigenvalue weighted by Crippen LogP contribution is 2.33. The number of hydrogen-bond donors (Lipinski definition) is 1. The van der Waals surface area contributed by atoms with Gasteiger partial charge in [0.15, 0.2) is 0 Å². The molecule has 2 amide bonds. The number of likely N-dealkylation sites (tertiary alicyclic amines) is 1. The van der Waals surface area contributed by atoms with Gasteiger partial charge in [-0.3, -0.25) is 9.59 Å². The van der Waals surface area contributed by atoms with Crippen molar-refractivity contribution in [2.45, 2.75) is 12.8 Å². The molecule has 0 bridgehead atoms. The predicted octanol–water partition coefficient (Wildman–Crippen LogP) is 4.68. The lowest BCUT2D eigenvalue weighted by Crippen LogP contribution is -2.30. The lowest BCUT2D eigenvalue weighted by atomic mass is 10.1. The van der Waals surface area contributed by atoms with Crippen LogP contribution in [0.15, 0.2) is 42.5 Å². The Morgan fingerprint density at radius 1 is 1.08 bits per heavy atom. The molecule has 1 saturated heterocycles. The molecule has 1 heterocycles. The fourth-order valence-electron chi connectivity index (χ4n) is 2.93. The Kier molecular flexibility index (Phi) is 6.07. The van der Waals surface area contributed by atoms with Crippen LogP contribution in [-0.2, 0) is 16.0 Å². The summed E-state index contributed by atoms with van der Waals surface area (Å²) in [6, 6.07) is 12.9. The first-order valence-corrected chi connectivity index (χ1v) is 9.34. The molecule has 1 aliphatic heterocycles. The Bertz CT molecular complexity index is 827. The number of benzene rings is 2. The van der Waals surface area contributed by atoms with Crippen molar-refractivity contribution in [2.24, 2.45) is 5.92 Å². The van der Waals surface area contributed by atoms with E-state index in [1.165, 1.54) is 12.1 Å². The molecule has 4 nitrogen and oxygen atoms in total. The molecule has 2 aromatic carbocycles. The van der Waals surface area contributed by atoms with Crippen LogP contribution in [0.3, 0.4) is 0 Å². The number of nitrogens with zero attached hydrogens (tertiary/aromatic N) is 1. The molecule has 0 aliphatic carbocycles. The minimum Gasteiger partial charge on any atom is -0.342 e. The van der Waals surface area contributed by atoms with Crippen molar-refractivity contribution in [3.8, 4) is 0 Å². The van der Waals surface area contributed by atoms with Gasteiger partial charge in [0.05, 0.1) is 26.7 Å². The number of anilines is 1. The van der Waals surface area contributed by atoms with Crippen molar-refractivity contribution in [3.05, 3.63) is 63.1 Å². The van der Waals surface area contributed by atoms with E-state index in [4.69, 9.17) is 34.8 Å². The van der Waals surface area contributed by atoms with Crippen molar-refractivity contribution >= 4 is 52.3 Å². The Labute approximate surface area is 167 Å². The highest BCUT2D eigenvalue weighted by molar-refractivity contribution is 6.44. The van der Waals surface area contributed by atoms with Crippen LogP contribution in [0.2, 0.25) is 15.1 Å². The zero-order chi connectivity index (χ0) is 18.7. The molecule has 0 radical (unpaired) electrons. The van der Waals surface area contributed by atoms with Crippen LogP contribution >= 0.6 is 34.8 Å². The van der Waals surface area contributed by atoms with Gasteiger partial charge < -0.3 is 10.2 Å². The van der Waals surface area contributed by atoms with Gasteiger partial charge in [0, 0.05) is 19.5 Å². The Hall–Kier alpha value is -1.75. The highest BCUT2D eigenvalue weighted by Gasteiger charge is 2.34. The second-order valence-electron chi connectivity index (χ2n) is 6.21. The molecule has 1 N–H and O–H groups in total. The lowest BCUT2D eigenvalue weighted by molar-refractivity contribution is -0.128. The van der Waals surface area contributed by atoms with Gasteiger partial charge in [0.2, 0.25) is 11.8 Å². The smallest absolute Gasteiger partial charge is 0.229 e. The normalized spacial score (nSPS) is 16.8. The number of rotatable bonds is 5. The number of carbonyl (C=O) groups excluding carboxylic acids is 2. The molecule has 2 aromatic rings. The van der Waals surface area contributed by atoms with Crippen LogP contribution in [0.25, 0.3) is 0 Å². The number of nitrogens with one attached hydrogen (secondary N) is 1. The lowest BCUT2D eigenvalue weighted by Gasteiger charge is -2.17. The van der Waals surface area contributed by atoms with Crippen LogP contribution in [0.4, 0.5) is 5.69 Å². The van der Waals surface area contributed by atoms with Crippen LogP contribution in [0.1, 0.15) is 12.0 Å². The molecule has 7 heteroatoms. The maximum absolute atomic E-state index is 12.5. The molecule has 0 spiro atoms. The van der Waals surface area contributed by atoms with Gasteiger partial charge in [-0.15, -0.1) is 0 Å². The summed E-state index contributed by atoms with van der Waals surface area (Å²) in [5.74, 6) is -0.675. The molecule has 136 valence electrons. The first-order chi connectivity index (χ1) is 12.4. The number of hydrogen-bond acceptors (Lipinski definition) is 2. The Morgan fingerprint density at radius 2 is 1.77 bits per heavy atom. The molecular formula is C19H17Cl3N2O2. The standard InChI is InChI=1S/C19H17Cl3N2O2/c20-14-9-16(22)17(10-15(14)21)23-19(26)13-8-18(25)24(11-13)7-6-12-4-2-1-3-5-12/h1-5,9-10,13H,6-8,11H2,(H,23,26)/t13-/m0/s1. The second kappa shape index (κ2) is 8.30. The molecule has 1 aliphatic rings. The van der Waals surface area contributed by atoms with Crippen LogP contribution < -0.4 is 5.32 Å². The van der Waals surface area contributed by atoms with E-state index in [0.717, 1.165) is 12.0 Å². The minimum atomic E-state index is -0.413. The van der Waals surface area contributed by atoms with Gasteiger partial charge in [-0.1, -0.05) is 65.1 Å². The first kappa shape index (κ1) is 19.0. The minimum absolute atomic E-state index is 0.0127. The largest absolute Gasteiger partial charge is 0.342 e. The van der Waals surface area contributed by atoms with E-state index >= 15 is 0 Å². The van der Waals surface area contributed by atoms with Gasteiger partial charge >= 0.3 is 0 Å². The van der Waals surface area contributed by atoms with E-state index < -0.39 is 5.92 Å². The monoisotopic (exact) mass is 410 g/mol. The summed E-state index contributed by atoms with van der Waals surface area (Å²) in [5.41, 5.74) is 1.55. The molecular weight excluding hydrogens is 395 g/mol. The highest BCUT2D eigenvalue weighted by atomic mass is 35.5. The van der Waals surface area contributed by atoms with Crippen molar-refractivity contribution in [2.75, 3.05) is 18.4 Å². The number of amides is 2. The summed E-state index contributed by atoms with van der Waals surface area (Å²) in [4.78, 5) is 26.4. The Balaban J connectivity index is 1.59. The average molecular weight is 412 g/mol. The van der Waals surface area contributed by atoms with E-state index in [-0.39, 0.29) is 18.2 Å². The summed E-state index contributed by atoms with van der Waals surface area (Å²) in [7, 11) is 0. The Morgan fingerprint density at radius 3 is 2.50 bits per heavy atom. The van der Waals surface area contributed by atoms with Gasteiger partial charge in [-0.25, -0.2) is 0 Å². The van der Waals surface area contributed by atoms with E-state index in [9.17, 15) is 9.59 Å². The molecule has 0 unspecified atom stereocenters. The summed E-state index contributed by atoms with van der Waals surface area (Å²) in [5, 5.41) is 3.67. The van der Waals surface area contributed by atoms with E-state index in [0.29, 0.717) is 33.8 Å². The van der Waals surface area contributed by atoms with E-state index in [1.807, 2.05) is 30.3 Å². The van der Waals surface area contributed by atoms with Gasteiger partial charge in [0.25, 0.3) is 0 Å². The number of carbonyl (C=O) groups is 2. The maximum atomic E-state index is 12.5. The van der Waals surface area contributed by atoms with Crippen molar-refractivity contribution < 1.29 is 9.59 Å². The fraction of sp³-hybridized carbons (Fsp3) is 0.263. The number of halogens is 3. The summed E-state index contributed by atoms with van der Waals surface area (Å²) in [6.07, 6.45) is 0.957. The molecule has 3 rings (SSSR count). The van der Waals surface area contributed by atoms with E-state index in [1.54, 1.807) is 4.90 Å². The first-order valence-electron chi connectivity index (χ1n) is 8.21. The van der Waals surface area contributed by atoms with E-state index in [2.05, 4.69) is 5.32 Å². The zero-order valence-electron chi connectivity index (χ0n) is 13.8. The predicted molar refractivity (Wildman–Crippen MR) is 105 cm³/mol. The molecule has 1 fully saturated rings. The molecule has 26 heavy (non-hydrogen) atoms. The van der Waals surface area contributed by atoms with Gasteiger partial charge in [-0.05, 0) is 24.1 Å². The van der Waals surface area contributed by atoms with Crippen molar-refractivity contribution in [3.63, 3.8) is 0 Å². The van der Waals surface area contributed by atoms with Crippen LogP contribution in [0.5, 0.6) is 0 Å². The van der Waals surface area contributed by atoms with Gasteiger partial charge in [-0.2, -0.15) is 0 Å². The molecule has 1 atom stereocenters. The maximum Gasteiger partial charge on any atom is 0.229 e. The van der Waals surface area contributed by atoms with Crippen molar-refractivity contribution in [1.29, 1.82) is 0 Å². The molecule has 0 saturated carbocycles. The fourth-order valence-corrected chi connectivity index (χ4v) is 3.52. The summed E-state index contributed by atoms with van der Waals surface area (Å²) >= 11 is 18.0. The zero-order valence-corrected chi connectivity index (χ0v) is 16.1. The van der Waals surface area contributed by atoms with Crippen LogP contribution in [-0.4, -0.2) is 29.8 Å². The average Bonchev–Trinajstić information content (AvgIpc) is 3.00. The third kappa shape index (κ3) is 4.50.